The molecule has 1 amide bonds. The van der Waals surface area contributed by atoms with Gasteiger partial charge in [0.2, 0.25) is 0 Å². The number of amides is 1. The van der Waals surface area contributed by atoms with Gasteiger partial charge in [0.1, 0.15) is 0 Å². The van der Waals surface area contributed by atoms with Crippen LogP contribution in [0.25, 0.3) is 10.4 Å². The van der Waals surface area contributed by atoms with Crippen LogP contribution in [0.4, 0.5) is 11.4 Å². The predicted molar refractivity (Wildman–Crippen MR) is 124 cm³/mol. The Labute approximate surface area is 178 Å². The van der Waals surface area contributed by atoms with Crippen molar-refractivity contribution < 1.29 is 14.3 Å². The van der Waals surface area contributed by atoms with Crippen molar-refractivity contribution in [2.75, 3.05) is 11.1 Å². The molecular formula is C23H19N2O3PS. The van der Waals surface area contributed by atoms with Crippen molar-refractivity contribution in [3.05, 3.63) is 95.9 Å². The third-order valence-electron chi connectivity index (χ3n) is 4.69. The lowest BCUT2D eigenvalue weighted by Crippen LogP contribution is -2.17. The second kappa shape index (κ2) is 8.28. The summed E-state index contributed by atoms with van der Waals surface area (Å²) in [5, 5.41) is 5.43. The minimum atomic E-state index is -3.71. The molecule has 0 aliphatic carbocycles. The van der Waals surface area contributed by atoms with E-state index in [0.29, 0.717) is 22.2 Å². The van der Waals surface area contributed by atoms with Crippen molar-refractivity contribution in [2.24, 2.45) is 0 Å². The summed E-state index contributed by atoms with van der Waals surface area (Å²) < 4.78 is 12.8. The van der Waals surface area contributed by atoms with Crippen molar-refractivity contribution in [1.82, 2.24) is 0 Å². The van der Waals surface area contributed by atoms with E-state index in [0.717, 1.165) is 10.4 Å². The maximum Gasteiger partial charge on any atom is 0.258 e. The van der Waals surface area contributed by atoms with Gasteiger partial charge >= 0.3 is 0 Å². The molecule has 4 aromatic rings. The van der Waals surface area contributed by atoms with Gasteiger partial charge in [0, 0.05) is 21.0 Å². The van der Waals surface area contributed by atoms with Crippen molar-refractivity contribution in [3.63, 3.8) is 0 Å². The number of carbonyl (C=O) groups excluding carboxylic acids is 1. The number of nitrogens with two attached hydrogens (primary N) is 1. The van der Waals surface area contributed by atoms with E-state index in [4.69, 9.17) is 5.73 Å². The Hall–Kier alpha value is -3.18. The molecule has 30 heavy (non-hydrogen) atoms. The number of anilines is 2. The standard InChI is InChI=1S/C23H19N2O3PS/c24-20-13-10-17(22-7-4-14-30-22)15-21(20)25-23(26)16-8-11-19(12-9-16)29(27,28)18-5-2-1-3-6-18/h1-15H,24H2,(H,25,26)(H,27,28). The molecule has 3 aromatic carbocycles. The van der Waals surface area contributed by atoms with E-state index in [2.05, 4.69) is 5.32 Å². The number of hydrogen-bond acceptors (Lipinski definition) is 4. The predicted octanol–water partition coefficient (Wildman–Crippen LogP) is 4.47. The highest BCUT2D eigenvalue weighted by atomic mass is 32.1. The van der Waals surface area contributed by atoms with Gasteiger partial charge in [-0.15, -0.1) is 11.3 Å². The summed E-state index contributed by atoms with van der Waals surface area (Å²) in [7, 11) is -3.71. The summed E-state index contributed by atoms with van der Waals surface area (Å²) in [6, 6.07) is 24.0. The lowest BCUT2D eigenvalue weighted by molar-refractivity contribution is 0.102. The Morgan fingerprint density at radius 3 is 2.27 bits per heavy atom. The minimum absolute atomic E-state index is 0.268. The summed E-state index contributed by atoms with van der Waals surface area (Å²) in [5.74, 6) is -0.343. The molecule has 0 aliphatic rings. The largest absolute Gasteiger partial charge is 0.397 e. The number of benzene rings is 3. The monoisotopic (exact) mass is 434 g/mol. The van der Waals surface area contributed by atoms with Crippen molar-refractivity contribution >= 4 is 46.6 Å². The minimum Gasteiger partial charge on any atom is -0.397 e. The average molecular weight is 434 g/mol. The van der Waals surface area contributed by atoms with Crippen LogP contribution in [0.3, 0.4) is 0 Å². The maximum atomic E-state index is 12.8. The quantitative estimate of drug-likeness (QED) is 0.319. The number of thiophene rings is 1. The first-order valence-corrected chi connectivity index (χ1v) is 11.7. The van der Waals surface area contributed by atoms with Crippen LogP contribution in [0.1, 0.15) is 10.4 Å². The first-order valence-electron chi connectivity index (χ1n) is 9.19. The van der Waals surface area contributed by atoms with Gasteiger partial charge in [0.15, 0.2) is 0 Å². The fourth-order valence-corrected chi connectivity index (χ4v) is 5.20. The Bertz CT molecular complexity index is 1220. The van der Waals surface area contributed by atoms with Crippen LogP contribution < -0.4 is 21.7 Å². The molecule has 5 nitrogen and oxygen atoms in total. The molecule has 4 N–H and O–H groups in total. The maximum absolute atomic E-state index is 12.8. The van der Waals surface area contributed by atoms with E-state index >= 15 is 0 Å². The summed E-state index contributed by atoms with van der Waals surface area (Å²) in [6.45, 7) is 0. The molecule has 4 rings (SSSR count). The number of carbonyl (C=O) groups is 1. The highest BCUT2D eigenvalue weighted by Gasteiger charge is 2.24. The van der Waals surface area contributed by atoms with Crippen LogP contribution in [0, 0.1) is 0 Å². The van der Waals surface area contributed by atoms with E-state index in [9.17, 15) is 14.3 Å². The highest BCUT2D eigenvalue weighted by Crippen LogP contribution is 2.38. The molecule has 1 heterocycles. The van der Waals surface area contributed by atoms with Gasteiger partial charge in [0.25, 0.3) is 13.3 Å². The van der Waals surface area contributed by atoms with Crippen molar-refractivity contribution in [1.29, 1.82) is 0 Å². The Morgan fingerprint density at radius 2 is 1.60 bits per heavy atom. The van der Waals surface area contributed by atoms with Gasteiger partial charge in [-0.3, -0.25) is 9.36 Å². The van der Waals surface area contributed by atoms with Crippen molar-refractivity contribution in [2.45, 2.75) is 0 Å². The van der Waals surface area contributed by atoms with E-state index in [-0.39, 0.29) is 11.2 Å². The van der Waals surface area contributed by atoms with Gasteiger partial charge in [-0.25, -0.2) is 0 Å². The lowest BCUT2D eigenvalue weighted by Gasteiger charge is -2.13. The molecule has 1 unspecified atom stereocenters. The molecule has 0 spiro atoms. The first kappa shape index (κ1) is 20.1. The second-order valence-corrected chi connectivity index (χ2v) is 9.82. The Balaban J connectivity index is 1.55. The number of rotatable bonds is 5. The summed E-state index contributed by atoms with van der Waals surface area (Å²) in [5.41, 5.74) is 8.35. The summed E-state index contributed by atoms with van der Waals surface area (Å²) in [4.78, 5) is 24.3. The van der Waals surface area contributed by atoms with E-state index < -0.39 is 7.37 Å². The molecule has 0 radical (unpaired) electrons. The number of nitrogen functional groups attached to an aromatic ring is 1. The SMILES string of the molecule is Nc1ccc(-c2cccs2)cc1NC(=O)c1ccc(P(=O)(O)c2ccccc2)cc1. The van der Waals surface area contributed by atoms with Crippen LogP contribution in [-0.4, -0.2) is 10.8 Å². The topological polar surface area (TPSA) is 92.4 Å². The Kier molecular flexibility index (Phi) is 5.55. The molecule has 0 saturated carbocycles. The summed E-state index contributed by atoms with van der Waals surface area (Å²) >= 11 is 1.60. The molecule has 1 aromatic heterocycles. The lowest BCUT2D eigenvalue weighted by atomic mass is 10.1. The van der Waals surface area contributed by atoms with Crippen LogP contribution in [-0.2, 0) is 4.57 Å². The number of hydrogen-bond donors (Lipinski definition) is 3. The van der Waals surface area contributed by atoms with E-state index in [1.807, 2.05) is 29.6 Å². The van der Waals surface area contributed by atoms with Crippen molar-refractivity contribution in [3.8, 4) is 10.4 Å². The summed E-state index contributed by atoms with van der Waals surface area (Å²) in [6.07, 6.45) is 0. The zero-order valence-electron chi connectivity index (χ0n) is 15.9. The molecule has 0 saturated heterocycles. The van der Waals surface area contributed by atoms with Gasteiger partial charge in [-0.1, -0.05) is 30.3 Å². The smallest absolute Gasteiger partial charge is 0.258 e. The fourth-order valence-electron chi connectivity index (χ4n) is 3.05. The van der Waals surface area contributed by atoms with Crippen LogP contribution in [0.15, 0.2) is 90.3 Å². The number of nitrogens with one attached hydrogen (secondary N) is 1. The average Bonchev–Trinajstić information content (AvgIpc) is 3.31. The molecular weight excluding hydrogens is 415 g/mol. The molecule has 7 heteroatoms. The highest BCUT2D eigenvalue weighted by molar-refractivity contribution is 7.73. The molecule has 0 aliphatic heterocycles. The molecule has 0 bridgehead atoms. The van der Waals surface area contributed by atoms with E-state index in [1.54, 1.807) is 47.7 Å². The Morgan fingerprint density at radius 1 is 0.900 bits per heavy atom. The first-order chi connectivity index (χ1) is 14.4. The zero-order valence-corrected chi connectivity index (χ0v) is 17.6. The third-order valence-corrected chi connectivity index (χ3v) is 7.61. The van der Waals surface area contributed by atoms with Crippen LogP contribution in [0.2, 0.25) is 0 Å². The molecule has 1 atom stereocenters. The van der Waals surface area contributed by atoms with Crippen LogP contribution in [0.5, 0.6) is 0 Å². The molecule has 150 valence electrons. The van der Waals surface area contributed by atoms with Gasteiger partial charge in [-0.2, -0.15) is 0 Å². The van der Waals surface area contributed by atoms with E-state index in [1.165, 1.54) is 24.3 Å². The second-order valence-electron chi connectivity index (χ2n) is 6.69. The van der Waals surface area contributed by atoms with Gasteiger partial charge in [-0.05, 0) is 65.5 Å². The molecule has 0 fully saturated rings. The van der Waals surface area contributed by atoms with Gasteiger partial charge in [0.05, 0.1) is 11.4 Å². The zero-order chi connectivity index (χ0) is 21.1. The normalized spacial score (nSPS) is 12.8. The third kappa shape index (κ3) is 4.07. The van der Waals surface area contributed by atoms with Gasteiger partial charge < -0.3 is 15.9 Å². The van der Waals surface area contributed by atoms with Crippen LogP contribution >= 0.6 is 18.7 Å². The fraction of sp³-hybridized carbons (Fsp3) is 0.